The van der Waals surface area contributed by atoms with Gasteiger partial charge < -0.3 is 10.1 Å². The fourth-order valence-electron chi connectivity index (χ4n) is 2.05. The SMILES string of the molecule is CNc1sc(S(=O)(=O)NCC2CCCCO2)cc1[N+](=O)[O-]. The van der Waals surface area contributed by atoms with E-state index < -0.39 is 14.9 Å². The van der Waals surface area contributed by atoms with Gasteiger partial charge in [0.25, 0.3) is 0 Å². The van der Waals surface area contributed by atoms with Crippen molar-refractivity contribution in [1.82, 2.24) is 4.72 Å². The Morgan fingerprint density at radius 1 is 1.52 bits per heavy atom. The lowest BCUT2D eigenvalue weighted by molar-refractivity contribution is -0.383. The van der Waals surface area contributed by atoms with Crippen molar-refractivity contribution in [3.8, 4) is 0 Å². The molecule has 0 radical (unpaired) electrons. The Bertz CT molecular complexity index is 607. The van der Waals surface area contributed by atoms with Gasteiger partial charge in [-0.15, -0.1) is 0 Å². The molecule has 0 spiro atoms. The van der Waals surface area contributed by atoms with Crippen LogP contribution in [0.25, 0.3) is 0 Å². The summed E-state index contributed by atoms with van der Waals surface area (Å²) < 4.78 is 32.2. The number of sulfonamides is 1. The summed E-state index contributed by atoms with van der Waals surface area (Å²) >= 11 is 0.837. The van der Waals surface area contributed by atoms with Crippen molar-refractivity contribution in [3.05, 3.63) is 16.2 Å². The van der Waals surface area contributed by atoms with Crippen LogP contribution in [0.3, 0.4) is 0 Å². The van der Waals surface area contributed by atoms with Crippen molar-refractivity contribution in [2.75, 3.05) is 25.5 Å². The number of ether oxygens (including phenoxy) is 1. The molecule has 8 nitrogen and oxygen atoms in total. The van der Waals surface area contributed by atoms with Crippen molar-refractivity contribution >= 4 is 32.0 Å². The largest absolute Gasteiger partial charge is 0.377 e. The van der Waals surface area contributed by atoms with Crippen LogP contribution in [0.15, 0.2) is 10.3 Å². The molecule has 2 N–H and O–H groups in total. The summed E-state index contributed by atoms with van der Waals surface area (Å²) in [5.41, 5.74) is -0.239. The van der Waals surface area contributed by atoms with Crippen molar-refractivity contribution in [3.63, 3.8) is 0 Å². The highest BCUT2D eigenvalue weighted by molar-refractivity contribution is 7.91. The summed E-state index contributed by atoms with van der Waals surface area (Å²) in [5.74, 6) is 0. The van der Waals surface area contributed by atoms with Gasteiger partial charge in [0, 0.05) is 26.3 Å². The summed E-state index contributed by atoms with van der Waals surface area (Å²) in [5, 5.41) is 13.7. The molecule has 1 aromatic heterocycles. The van der Waals surface area contributed by atoms with Crippen molar-refractivity contribution in [2.24, 2.45) is 0 Å². The highest BCUT2D eigenvalue weighted by atomic mass is 32.2. The van der Waals surface area contributed by atoms with Gasteiger partial charge in [0.05, 0.1) is 11.0 Å². The normalized spacial score (nSPS) is 19.4. The molecule has 0 aromatic carbocycles. The third-order valence-corrected chi connectivity index (χ3v) is 6.19. The number of rotatable bonds is 6. The molecule has 0 saturated carbocycles. The van der Waals surface area contributed by atoms with E-state index in [4.69, 9.17) is 4.74 Å². The molecular weight excluding hydrogens is 318 g/mol. The Hall–Kier alpha value is -1.23. The van der Waals surface area contributed by atoms with E-state index in [1.165, 1.54) is 7.05 Å². The molecule has 0 aliphatic carbocycles. The van der Waals surface area contributed by atoms with E-state index in [-0.39, 0.29) is 27.5 Å². The maximum Gasteiger partial charge on any atom is 0.304 e. The smallest absolute Gasteiger partial charge is 0.304 e. The van der Waals surface area contributed by atoms with Gasteiger partial charge in [-0.3, -0.25) is 10.1 Å². The van der Waals surface area contributed by atoms with Crippen LogP contribution in [0, 0.1) is 10.1 Å². The van der Waals surface area contributed by atoms with Crippen LogP contribution in [-0.4, -0.2) is 39.6 Å². The average Bonchev–Trinajstić information content (AvgIpc) is 2.92. The van der Waals surface area contributed by atoms with Crippen LogP contribution in [0.1, 0.15) is 19.3 Å². The van der Waals surface area contributed by atoms with Crippen LogP contribution < -0.4 is 10.0 Å². The number of nitro groups is 1. The minimum absolute atomic E-state index is 0.0747. The zero-order valence-electron chi connectivity index (χ0n) is 11.5. The fourth-order valence-corrected chi connectivity index (χ4v) is 4.44. The quantitative estimate of drug-likeness (QED) is 0.603. The first-order chi connectivity index (χ1) is 9.94. The van der Waals surface area contributed by atoms with Crippen LogP contribution >= 0.6 is 11.3 Å². The molecule has 1 atom stereocenters. The van der Waals surface area contributed by atoms with Gasteiger partial charge in [0.2, 0.25) is 10.0 Å². The molecular formula is C11H17N3O5S2. The summed E-state index contributed by atoms with van der Waals surface area (Å²) in [6.45, 7) is 0.823. The first-order valence-corrected chi connectivity index (χ1v) is 8.81. The maximum atomic E-state index is 12.2. The first kappa shape index (κ1) is 16.1. The van der Waals surface area contributed by atoms with Crippen LogP contribution in [0.2, 0.25) is 0 Å². The molecule has 1 aliphatic rings. The number of hydrogen-bond donors (Lipinski definition) is 2. The predicted molar refractivity (Wildman–Crippen MR) is 79.3 cm³/mol. The second-order valence-electron chi connectivity index (χ2n) is 4.63. The Kier molecular flexibility index (Phi) is 5.14. The molecule has 1 aliphatic heterocycles. The third kappa shape index (κ3) is 3.90. The second-order valence-corrected chi connectivity index (χ2v) is 7.67. The molecule has 0 bridgehead atoms. The molecule has 1 unspecified atom stereocenters. The van der Waals surface area contributed by atoms with Gasteiger partial charge in [-0.1, -0.05) is 11.3 Å². The molecule has 21 heavy (non-hydrogen) atoms. The number of hydrogen-bond acceptors (Lipinski definition) is 7. The highest BCUT2D eigenvalue weighted by Crippen LogP contribution is 2.36. The van der Waals surface area contributed by atoms with Crippen molar-refractivity contribution in [2.45, 2.75) is 29.6 Å². The lowest BCUT2D eigenvalue weighted by Crippen LogP contribution is -2.35. The Labute approximate surface area is 126 Å². The topological polar surface area (TPSA) is 111 Å². The predicted octanol–water partition coefficient (Wildman–Crippen LogP) is 1.55. The summed E-state index contributed by atoms with van der Waals surface area (Å²) in [6.07, 6.45) is 2.69. The van der Waals surface area contributed by atoms with Gasteiger partial charge in [0.1, 0.15) is 4.21 Å². The van der Waals surface area contributed by atoms with E-state index in [2.05, 4.69) is 10.0 Å². The highest BCUT2D eigenvalue weighted by Gasteiger charge is 2.26. The molecule has 2 heterocycles. The molecule has 1 fully saturated rings. The molecule has 10 heteroatoms. The van der Waals surface area contributed by atoms with Crippen molar-refractivity contribution in [1.29, 1.82) is 0 Å². The zero-order chi connectivity index (χ0) is 15.5. The van der Waals surface area contributed by atoms with Gasteiger partial charge in [-0.05, 0) is 19.3 Å². The second kappa shape index (κ2) is 6.69. The Morgan fingerprint density at radius 3 is 2.81 bits per heavy atom. The van der Waals surface area contributed by atoms with E-state index in [9.17, 15) is 18.5 Å². The summed E-state index contributed by atoms with van der Waals surface area (Å²) in [4.78, 5) is 10.3. The van der Waals surface area contributed by atoms with Crippen LogP contribution in [-0.2, 0) is 14.8 Å². The number of nitrogens with one attached hydrogen (secondary N) is 2. The lowest BCUT2D eigenvalue weighted by atomic mass is 10.1. The van der Waals surface area contributed by atoms with E-state index in [0.717, 1.165) is 36.7 Å². The minimum Gasteiger partial charge on any atom is -0.377 e. The van der Waals surface area contributed by atoms with Crippen LogP contribution in [0.4, 0.5) is 10.7 Å². The van der Waals surface area contributed by atoms with Gasteiger partial charge in [0.15, 0.2) is 5.00 Å². The molecule has 1 aromatic rings. The molecule has 118 valence electrons. The number of thiophene rings is 1. The van der Waals surface area contributed by atoms with E-state index in [1.807, 2.05) is 0 Å². The van der Waals surface area contributed by atoms with Crippen molar-refractivity contribution < 1.29 is 18.1 Å². The monoisotopic (exact) mass is 335 g/mol. The van der Waals surface area contributed by atoms with E-state index in [0.29, 0.717) is 6.61 Å². The van der Waals surface area contributed by atoms with Gasteiger partial charge in [-0.25, -0.2) is 13.1 Å². The third-order valence-electron chi connectivity index (χ3n) is 3.15. The number of nitrogens with zero attached hydrogens (tertiary/aromatic N) is 1. The van der Waals surface area contributed by atoms with Gasteiger partial charge >= 0.3 is 5.69 Å². The molecule has 2 rings (SSSR count). The standard InChI is InChI=1S/C11H17N3O5S2/c1-12-11-9(14(15)16)6-10(20-11)21(17,18)13-7-8-4-2-3-5-19-8/h6,8,12-13H,2-5,7H2,1H3. The summed E-state index contributed by atoms with van der Waals surface area (Å²) in [7, 11) is -2.25. The lowest BCUT2D eigenvalue weighted by Gasteiger charge is -2.22. The molecule has 1 saturated heterocycles. The number of anilines is 1. The fraction of sp³-hybridized carbons (Fsp3) is 0.636. The van der Waals surface area contributed by atoms with Gasteiger partial charge in [-0.2, -0.15) is 0 Å². The Morgan fingerprint density at radius 2 is 2.29 bits per heavy atom. The maximum absolute atomic E-state index is 12.2. The summed E-state index contributed by atoms with van der Waals surface area (Å²) in [6, 6.07) is 1.07. The molecule has 0 amide bonds. The average molecular weight is 335 g/mol. The zero-order valence-corrected chi connectivity index (χ0v) is 13.1. The Balaban J connectivity index is 2.09. The van der Waals surface area contributed by atoms with E-state index >= 15 is 0 Å². The van der Waals surface area contributed by atoms with E-state index in [1.54, 1.807) is 0 Å². The van der Waals surface area contributed by atoms with Crippen LogP contribution in [0.5, 0.6) is 0 Å². The first-order valence-electron chi connectivity index (χ1n) is 6.51. The minimum atomic E-state index is -3.76.